The molecule has 0 bridgehead atoms. The van der Waals surface area contributed by atoms with E-state index in [1.54, 1.807) is 13.4 Å². The van der Waals surface area contributed by atoms with Gasteiger partial charge in [-0.1, -0.05) is 30.3 Å². The normalized spacial score (nSPS) is 12.1. The van der Waals surface area contributed by atoms with Gasteiger partial charge in [0.2, 0.25) is 0 Å². The highest BCUT2D eigenvalue weighted by molar-refractivity contribution is 7.20. The molecule has 142 valence electrons. The Morgan fingerprint density at radius 3 is 2.78 bits per heavy atom. The molecule has 0 aliphatic rings. The molecule has 3 aromatic rings. The zero-order valence-corrected chi connectivity index (χ0v) is 16.6. The standard InChI is InChI=1S/C20H24N4O2S/c1-13(11-26-3)24-19(25)17-14(2)16-18(22-12-23-20(16)27-17)21-10-9-15-7-5-4-6-8-15/h4-8,12-13H,9-11H2,1-3H3,(H,24,25)(H,21,22,23). The first-order valence-electron chi connectivity index (χ1n) is 8.91. The highest BCUT2D eigenvalue weighted by Gasteiger charge is 2.20. The van der Waals surface area contributed by atoms with Crippen molar-refractivity contribution in [3.63, 3.8) is 0 Å². The number of carbonyl (C=O) groups is 1. The lowest BCUT2D eigenvalue weighted by Gasteiger charge is -2.12. The van der Waals surface area contributed by atoms with E-state index >= 15 is 0 Å². The molecular formula is C20H24N4O2S. The number of hydrogen-bond acceptors (Lipinski definition) is 6. The molecule has 2 N–H and O–H groups in total. The number of anilines is 1. The van der Waals surface area contributed by atoms with Gasteiger partial charge >= 0.3 is 0 Å². The molecule has 3 rings (SSSR count). The van der Waals surface area contributed by atoms with Crippen molar-refractivity contribution < 1.29 is 9.53 Å². The van der Waals surface area contributed by atoms with Gasteiger partial charge in [-0.25, -0.2) is 9.97 Å². The Bertz CT molecular complexity index is 911. The summed E-state index contributed by atoms with van der Waals surface area (Å²) in [6.07, 6.45) is 2.44. The van der Waals surface area contributed by atoms with Crippen molar-refractivity contribution in [3.05, 3.63) is 52.7 Å². The van der Waals surface area contributed by atoms with E-state index in [2.05, 4.69) is 32.7 Å². The van der Waals surface area contributed by atoms with Gasteiger partial charge in [-0.05, 0) is 31.4 Å². The van der Waals surface area contributed by atoms with Crippen LogP contribution in [0.4, 0.5) is 5.82 Å². The summed E-state index contributed by atoms with van der Waals surface area (Å²) in [7, 11) is 1.62. The molecule has 1 amide bonds. The molecule has 0 saturated heterocycles. The van der Waals surface area contributed by atoms with E-state index in [4.69, 9.17) is 4.74 Å². The minimum absolute atomic E-state index is 0.0540. The predicted octanol–water partition coefficient (Wildman–Crippen LogP) is 3.42. The van der Waals surface area contributed by atoms with Gasteiger partial charge in [-0.2, -0.15) is 0 Å². The Morgan fingerprint density at radius 1 is 1.26 bits per heavy atom. The summed E-state index contributed by atoms with van der Waals surface area (Å²) in [6, 6.07) is 10.3. The topological polar surface area (TPSA) is 76.1 Å². The third kappa shape index (κ3) is 4.61. The zero-order chi connectivity index (χ0) is 19.2. The summed E-state index contributed by atoms with van der Waals surface area (Å²) in [5.74, 6) is 0.670. The summed E-state index contributed by atoms with van der Waals surface area (Å²) >= 11 is 1.39. The van der Waals surface area contributed by atoms with Gasteiger partial charge in [0.15, 0.2) is 0 Å². The maximum Gasteiger partial charge on any atom is 0.262 e. The highest BCUT2D eigenvalue weighted by atomic mass is 32.1. The van der Waals surface area contributed by atoms with Gasteiger partial charge in [-0.15, -0.1) is 11.3 Å². The van der Waals surface area contributed by atoms with Crippen LogP contribution in [0.2, 0.25) is 0 Å². The maximum absolute atomic E-state index is 12.6. The molecule has 0 radical (unpaired) electrons. The molecule has 1 atom stereocenters. The molecule has 0 aliphatic heterocycles. The Labute approximate surface area is 163 Å². The van der Waals surface area contributed by atoms with Crippen LogP contribution in [0.3, 0.4) is 0 Å². The average Bonchev–Trinajstić information content (AvgIpc) is 3.00. The first-order chi connectivity index (χ1) is 13.1. The van der Waals surface area contributed by atoms with Crippen LogP contribution < -0.4 is 10.6 Å². The Balaban J connectivity index is 1.77. The van der Waals surface area contributed by atoms with Gasteiger partial charge < -0.3 is 15.4 Å². The molecule has 1 unspecified atom stereocenters. The molecule has 0 spiro atoms. The van der Waals surface area contributed by atoms with Crippen molar-refractivity contribution in [2.24, 2.45) is 0 Å². The molecule has 2 heterocycles. The molecule has 7 heteroatoms. The summed E-state index contributed by atoms with van der Waals surface area (Å²) in [6.45, 7) is 5.10. The second-order valence-corrected chi connectivity index (χ2v) is 7.45. The summed E-state index contributed by atoms with van der Waals surface area (Å²) in [4.78, 5) is 22.8. The summed E-state index contributed by atoms with van der Waals surface area (Å²) in [5, 5.41) is 7.27. The van der Waals surface area contributed by atoms with Crippen LogP contribution in [0.5, 0.6) is 0 Å². The Kier molecular flexibility index (Phi) is 6.36. The Morgan fingerprint density at radius 2 is 2.04 bits per heavy atom. The first-order valence-corrected chi connectivity index (χ1v) is 9.73. The number of thiophene rings is 1. The fourth-order valence-electron chi connectivity index (χ4n) is 2.97. The molecule has 0 aliphatic carbocycles. The van der Waals surface area contributed by atoms with Gasteiger partial charge in [-0.3, -0.25) is 4.79 Å². The Hall–Kier alpha value is -2.51. The van der Waals surface area contributed by atoms with Crippen molar-refractivity contribution in [1.82, 2.24) is 15.3 Å². The molecule has 2 aromatic heterocycles. The third-order valence-electron chi connectivity index (χ3n) is 4.28. The molecule has 0 fully saturated rings. The number of aryl methyl sites for hydroxylation is 1. The SMILES string of the molecule is COCC(C)NC(=O)c1sc2ncnc(NCCc3ccccc3)c2c1C. The molecule has 27 heavy (non-hydrogen) atoms. The van der Waals surface area contributed by atoms with Crippen LogP contribution in [-0.2, 0) is 11.2 Å². The van der Waals surface area contributed by atoms with Crippen LogP contribution in [-0.4, -0.2) is 42.2 Å². The van der Waals surface area contributed by atoms with E-state index in [1.165, 1.54) is 16.9 Å². The van der Waals surface area contributed by atoms with Crippen LogP contribution in [0.25, 0.3) is 10.2 Å². The van der Waals surface area contributed by atoms with Gasteiger partial charge in [0.25, 0.3) is 5.91 Å². The van der Waals surface area contributed by atoms with Crippen LogP contribution in [0.1, 0.15) is 27.7 Å². The van der Waals surface area contributed by atoms with E-state index < -0.39 is 0 Å². The van der Waals surface area contributed by atoms with Crippen molar-refractivity contribution >= 4 is 33.3 Å². The van der Waals surface area contributed by atoms with E-state index in [0.717, 1.165) is 34.6 Å². The van der Waals surface area contributed by atoms with E-state index in [1.807, 2.05) is 32.0 Å². The highest BCUT2D eigenvalue weighted by Crippen LogP contribution is 2.33. The van der Waals surface area contributed by atoms with E-state index in [-0.39, 0.29) is 11.9 Å². The first kappa shape index (κ1) is 19.3. The fraction of sp³-hybridized carbons (Fsp3) is 0.350. The molecule has 6 nitrogen and oxygen atoms in total. The lowest BCUT2D eigenvalue weighted by Crippen LogP contribution is -2.35. The number of nitrogens with one attached hydrogen (secondary N) is 2. The fourth-order valence-corrected chi connectivity index (χ4v) is 4.02. The maximum atomic E-state index is 12.6. The quantitative estimate of drug-likeness (QED) is 0.622. The second kappa shape index (κ2) is 8.92. The van der Waals surface area contributed by atoms with Crippen molar-refractivity contribution in [3.8, 4) is 0 Å². The number of aromatic nitrogens is 2. The number of ether oxygens (including phenoxy) is 1. The minimum atomic E-state index is -0.102. The van der Waals surface area contributed by atoms with Crippen LogP contribution in [0.15, 0.2) is 36.7 Å². The number of methoxy groups -OCH3 is 1. The van der Waals surface area contributed by atoms with Crippen molar-refractivity contribution in [2.75, 3.05) is 25.6 Å². The van der Waals surface area contributed by atoms with Gasteiger partial charge in [0.05, 0.1) is 16.9 Å². The smallest absolute Gasteiger partial charge is 0.262 e. The summed E-state index contributed by atoms with van der Waals surface area (Å²) in [5.41, 5.74) is 2.17. The van der Waals surface area contributed by atoms with Gasteiger partial charge in [0, 0.05) is 19.7 Å². The van der Waals surface area contributed by atoms with Crippen LogP contribution in [0, 0.1) is 6.92 Å². The number of hydrogen-bond donors (Lipinski definition) is 2. The van der Waals surface area contributed by atoms with E-state index in [0.29, 0.717) is 11.5 Å². The second-order valence-electron chi connectivity index (χ2n) is 6.45. The van der Waals surface area contributed by atoms with Gasteiger partial charge in [0.1, 0.15) is 17.0 Å². The predicted molar refractivity (Wildman–Crippen MR) is 110 cm³/mol. The molecular weight excluding hydrogens is 360 g/mol. The molecule has 1 aromatic carbocycles. The van der Waals surface area contributed by atoms with Crippen LogP contribution >= 0.6 is 11.3 Å². The number of benzene rings is 1. The van der Waals surface area contributed by atoms with Crippen molar-refractivity contribution in [1.29, 1.82) is 0 Å². The number of amides is 1. The lowest BCUT2D eigenvalue weighted by atomic mass is 10.1. The number of fused-ring (bicyclic) bond motifs is 1. The number of rotatable bonds is 8. The minimum Gasteiger partial charge on any atom is -0.383 e. The third-order valence-corrected chi connectivity index (χ3v) is 5.47. The largest absolute Gasteiger partial charge is 0.383 e. The number of nitrogens with zero attached hydrogens (tertiary/aromatic N) is 2. The van der Waals surface area contributed by atoms with Crippen molar-refractivity contribution in [2.45, 2.75) is 26.3 Å². The van der Waals surface area contributed by atoms with E-state index in [9.17, 15) is 4.79 Å². The number of carbonyl (C=O) groups excluding carboxylic acids is 1. The summed E-state index contributed by atoms with van der Waals surface area (Å²) < 4.78 is 5.09. The monoisotopic (exact) mass is 384 g/mol. The lowest BCUT2D eigenvalue weighted by molar-refractivity contribution is 0.0909. The molecule has 0 saturated carbocycles. The zero-order valence-electron chi connectivity index (χ0n) is 15.8. The average molecular weight is 385 g/mol.